The molecule has 0 amide bonds. The highest BCUT2D eigenvalue weighted by Gasteiger charge is 2.43. The Morgan fingerprint density at radius 2 is 1.74 bits per heavy atom. The minimum atomic E-state index is -0.392. The fraction of sp³-hybridized carbons (Fsp3) is 0.632. The zero-order valence-corrected chi connectivity index (χ0v) is 15.2. The molecule has 0 saturated heterocycles. The first-order valence-electron chi connectivity index (χ1n) is 8.68. The van der Waals surface area contributed by atoms with E-state index in [0.717, 1.165) is 57.3 Å². The van der Waals surface area contributed by atoms with Crippen LogP contribution in [0.15, 0.2) is 30.3 Å². The normalized spacial score (nSPS) is 16.1. The Hall–Kier alpha value is -1.06. The van der Waals surface area contributed by atoms with Crippen LogP contribution >= 0.6 is 12.4 Å². The van der Waals surface area contributed by atoms with Gasteiger partial charge in [0.25, 0.3) is 0 Å². The number of halogens is 1. The standard InChI is InChI=1S/C19H29NO2.ClH/c1-3-20(4-2)15-10-16-22-18(21)19(13-8-9-14-19)17-11-6-5-7-12-17;/h5-7,11-12H,3-4,8-10,13-16H2,1-2H3;1H. The van der Waals surface area contributed by atoms with E-state index in [1.807, 2.05) is 18.2 Å². The first kappa shape index (κ1) is 20.0. The summed E-state index contributed by atoms with van der Waals surface area (Å²) >= 11 is 0. The van der Waals surface area contributed by atoms with Crippen molar-refractivity contribution < 1.29 is 9.53 Å². The minimum Gasteiger partial charge on any atom is -0.465 e. The van der Waals surface area contributed by atoms with E-state index in [-0.39, 0.29) is 18.4 Å². The van der Waals surface area contributed by atoms with Crippen LogP contribution in [0.1, 0.15) is 51.5 Å². The third-order valence-corrected chi connectivity index (χ3v) is 4.92. The minimum absolute atomic E-state index is 0. The topological polar surface area (TPSA) is 29.5 Å². The van der Waals surface area contributed by atoms with Crippen molar-refractivity contribution in [2.45, 2.75) is 51.4 Å². The van der Waals surface area contributed by atoms with Gasteiger partial charge in [0.15, 0.2) is 0 Å². The van der Waals surface area contributed by atoms with Crippen molar-refractivity contribution in [2.75, 3.05) is 26.2 Å². The molecule has 0 heterocycles. The molecule has 1 fully saturated rings. The lowest BCUT2D eigenvalue weighted by molar-refractivity contribution is -0.150. The molecule has 1 aromatic carbocycles. The largest absolute Gasteiger partial charge is 0.465 e. The molecule has 23 heavy (non-hydrogen) atoms. The van der Waals surface area contributed by atoms with E-state index in [2.05, 4.69) is 30.9 Å². The van der Waals surface area contributed by atoms with Crippen LogP contribution in [0.4, 0.5) is 0 Å². The van der Waals surface area contributed by atoms with Crippen LogP contribution in [-0.2, 0) is 14.9 Å². The Morgan fingerprint density at radius 3 is 2.30 bits per heavy atom. The first-order valence-corrected chi connectivity index (χ1v) is 8.68. The van der Waals surface area contributed by atoms with Gasteiger partial charge in [-0.3, -0.25) is 4.79 Å². The Kier molecular flexibility index (Phi) is 8.64. The monoisotopic (exact) mass is 339 g/mol. The summed E-state index contributed by atoms with van der Waals surface area (Å²) in [6.07, 6.45) is 4.99. The summed E-state index contributed by atoms with van der Waals surface area (Å²) < 4.78 is 5.66. The summed E-state index contributed by atoms with van der Waals surface area (Å²) in [6.45, 7) is 7.97. The smallest absolute Gasteiger partial charge is 0.316 e. The zero-order chi connectivity index (χ0) is 15.8. The Labute approximate surface area is 146 Å². The summed E-state index contributed by atoms with van der Waals surface area (Å²) in [7, 11) is 0. The third-order valence-electron chi connectivity index (χ3n) is 4.92. The number of nitrogens with zero attached hydrogens (tertiary/aromatic N) is 1. The van der Waals surface area contributed by atoms with Gasteiger partial charge >= 0.3 is 5.97 Å². The highest BCUT2D eigenvalue weighted by Crippen LogP contribution is 2.42. The molecule has 1 saturated carbocycles. The van der Waals surface area contributed by atoms with Gasteiger partial charge in [-0.1, -0.05) is 57.0 Å². The lowest BCUT2D eigenvalue weighted by Crippen LogP contribution is -2.35. The predicted molar refractivity (Wildman–Crippen MR) is 97.2 cm³/mol. The maximum absolute atomic E-state index is 12.7. The molecule has 0 bridgehead atoms. The molecule has 0 aliphatic heterocycles. The fourth-order valence-electron chi connectivity index (χ4n) is 3.48. The molecular formula is C19H30ClNO2. The second-order valence-electron chi connectivity index (χ2n) is 6.17. The van der Waals surface area contributed by atoms with Crippen molar-refractivity contribution >= 4 is 18.4 Å². The molecule has 1 aliphatic rings. The second-order valence-corrected chi connectivity index (χ2v) is 6.17. The highest BCUT2D eigenvalue weighted by atomic mass is 35.5. The summed E-state index contributed by atoms with van der Waals surface area (Å²) in [5, 5.41) is 0. The summed E-state index contributed by atoms with van der Waals surface area (Å²) in [5.74, 6) is -0.0178. The van der Waals surface area contributed by atoms with Crippen molar-refractivity contribution in [1.82, 2.24) is 4.90 Å². The SMILES string of the molecule is CCN(CC)CCCOC(=O)C1(c2ccccc2)CCCC1.Cl. The van der Waals surface area contributed by atoms with Crippen LogP contribution in [0.3, 0.4) is 0 Å². The van der Waals surface area contributed by atoms with E-state index in [0.29, 0.717) is 6.61 Å². The second kappa shape index (κ2) is 9.94. The van der Waals surface area contributed by atoms with Crippen molar-refractivity contribution in [3.63, 3.8) is 0 Å². The number of carbonyl (C=O) groups is 1. The molecule has 0 N–H and O–H groups in total. The Balaban J connectivity index is 0.00000264. The molecule has 4 heteroatoms. The number of hydrogen-bond acceptors (Lipinski definition) is 3. The van der Waals surface area contributed by atoms with E-state index in [4.69, 9.17) is 4.74 Å². The molecule has 130 valence electrons. The van der Waals surface area contributed by atoms with Crippen LogP contribution in [0.2, 0.25) is 0 Å². The number of ether oxygens (including phenoxy) is 1. The summed E-state index contributed by atoms with van der Waals surface area (Å²) in [4.78, 5) is 15.1. The quantitative estimate of drug-likeness (QED) is 0.525. The zero-order valence-electron chi connectivity index (χ0n) is 14.4. The van der Waals surface area contributed by atoms with Gasteiger partial charge in [0, 0.05) is 6.54 Å². The number of esters is 1. The molecule has 3 nitrogen and oxygen atoms in total. The van der Waals surface area contributed by atoms with Gasteiger partial charge in [0.05, 0.1) is 12.0 Å². The van der Waals surface area contributed by atoms with Gasteiger partial charge in [0.2, 0.25) is 0 Å². The van der Waals surface area contributed by atoms with Crippen LogP contribution in [0.25, 0.3) is 0 Å². The van der Waals surface area contributed by atoms with E-state index in [1.54, 1.807) is 0 Å². The number of rotatable bonds is 8. The average molecular weight is 340 g/mol. The molecule has 0 radical (unpaired) electrons. The number of benzene rings is 1. The Bertz CT molecular complexity index is 454. The van der Waals surface area contributed by atoms with Gasteiger partial charge in [-0.05, 0) is 37.9 Å². The average Bonchev–Trinajstić information content (AvgIpc) is 3.07. The Morgan fingerprint density at radius 1 is 1.13 bits per heavy atom. The molecule has 0 unspecified atom stereocenters. The number of carbonyl (C=O) groups excluding carboxylic acids is 1. The van der Waals surface area contributed by atoms with Crippen molar-refractivity contribution in [2.24, 2.45) is 0 Å². The van der Waals surface area contributed by atoms with Crippen LogP contribution in [0.5, 0.6) is 0 Å². The van der Waals surface area contributed by atoms with E-state index in [1.165, 1.54) is 0 Å². The first-order chi connectivity index (χ1) is 10.7. The molecule has 1 aromatic rings. The summed E-state index contributed by atoms with van der Waals surface area (Å²) in [6, 6.07) is 10.2. The van der Waals surface area contributed by atoms with Gasteiger partial charge in [-0.25, -0.2) is 0 Å². The number of hydrogen-bond donors (Lipinski definition) is 0. The van der Waals surface area contributed by atoms with Gasteiger partial charge in [0.1, 0.15) is 0 Å². The molecule has 0 spiro atoms. The van der Waals surface area contributed by atoms with E-state index in [9.17, 15) is 4.79 Å². The third kappa shape index (κ3) is 4.95. The van der Waals surface area contributed by atoms with E-state index >= 15 is 0 Å². The molecule has 2 rings (SSSR count). The van der Waals surface area contributed by atoms with Crippen LogP contribution < -0.4 is 0 Å². The van der Waals surface area contributed by atoms with Crippen molar-refractivity contribution in [1.29, 1.82) is 0 Å². The molecule has 1 aliphatic carbocycles. The summed E-state index contributed by atoms with van der Waals surface area (Å²) in [5.41, 5.74) is 0.734. The predicted octanol–water partition coefficient (Wildman–Crippen LogP) is 4.20. The lowest BCUT2D eigenvalue weighted by Gasteiger charge is -2.27. The van der Waals surface area contributed by atoms with Crippen LogP contribution in [-0.4, -0.2) is 37.1 Å². The maximum atomic E-state index is 12.7. The van der Waals surface area contributed by atoms with E-state index < -0.39 is 5.41 Å². The lowest BCUT2D eigenvalue weighted by atomic mass is 9.79. The highest BCUT2D eigenvalue weighted by molar-refractivity contribution is 5.85. The van der Waals surface area contributed by atoms with Crippen molar-refractivity contribution in [3.8, 4) is 0 Å². The molecular weight excluding hydrogens is 310 g/mol. The molecule has 0 aromatic heterocycles. The van der Waals surface area contributed by atoms with Gasteiger partial charge in [-0.15, -0.1) is 12.4 Å². The van der Waals surface area contributed by atoms with Gasteiger partial charge < -0.3 is 9.64 Å². The van der Waals surface area contributed by atoms with Crippen LogP contribution in [0, 0.1) is 0 Å². The maximum Gasteiger partial charge on any atom is 0.316 e. The fourth-order valence-corrected chi connectivity index (χ4v) is 3.48. The van der Waals surface area contributed by atoms with Crippen molar-refractivity contribution in [3.05, 3.63) is 35.9 Å². The van der Waals surface area contributed by atoms with Gasteiger partial charge in [-0.2, -0.15) is 0 Å². The molecule has 0 atom stereocenters.